The van der Waals surface area contributed by atoms with E-state index in [-0.39, 0.29) is 18.2 Å². The minimum absolute atomic E-state index is 0.198. The Hall–Kier alpha value is -0.410. The summed E-state index contributed by atoms with van der Waals surface area (Å²) in [6.07, 6.45) is 1.31. The number of rotatable bonds is 6. The zero-order valence-electron chi connectivity index (χ0n) is 8.35. The third kappa shape index (κ3) is 6.31. The number of carbonyl (C=O) groups is 1. The average Bonchev–Trinajstić information content (AvgIpc) is 1.98. The number of ketones is 1. The van der Waals surface area contributed by atoms with Gasteiger partial charge in [-0.05, 0) is 27.2 Å². The Balaban J connectivity index is 3.63. The lowest BCUT2D eigenvalue weighted by Gasteiger charge is -2.24. The van der Waals surface area contributed by atoms with E-state index in [1.165, 1.54) is 0 Å². The van der Waals surface area contributed by atoms with Gasteiger partial charge in [-0.2, -0.15) is 0 Å². The van der Waals surface area contributed by atoms with E-state index in [0.717, 1.165) is 6.42 Å². The molecule has 0 aromatic heterocycles. The highest BCUT2D eigenvalue weighted by Crippen LogP contribution is 2.16. The fourth-order valence-electron chi connectivity index (χ4n) is 0.768. The van der Waals surface area contributed by atoms with Crippen molar-refractivity contribution < 1.29 is 14.3 Å². The van der Waals surface area contributed by atoms with Gasteiger partial charge in [-0.15, -0.1) is 0 Å². The van der Waals surface area contributed by atoms with Crippen molar-refractivity contribution in [1.82, 2.24) is 0 Å². The molecule has 0 saturated carbocycles. The molecular weight excluding hydrogens is 156 g/mol. The van der Waals surface area contributed by atoms with Crippen LogP contribution in [0.4, 0.5) is 0 Å². The third-order valence-electron chi connectivity index (χ3n) is 1.65. The minimum atomic E-state index is -0.262. The van der Waals surface area contributed by atoms with Gasteiger partial charge in [0.25, 0.3) is 0 Å². The van der Waals surface area contributed by atoms with Crippen molar-refractivity contribution in [3.8, 4) is 0 Å². The maximum absolute atomic E-state index is 10.7. The van der Waals surface area contributed by atoms with Crippen molar-refractivity contribution in [1.29, 1.82) is 0 Å². The van der Waals surface area contributed by atoms with E-state index in [9.17, 15) is 4.79 Å². The lowest BCUT2D eigenvalue weighted by atomic mass is 10.0. The van der Waals surface area contributed by atoms with Gasteiger partial charge < -0.3 is 14.3 Å². The smallest absolute Gasteiger partial charge is 0.147 e. The number of carbonyl (C=O) groups excluding carboxylic acids is 1. The van der Waals surface area contributed by atoms with Crippen molar-refractivity contribution >= 4 is 5.78 Å². The van der Waals surface area contributed by atoms with Gasteiger partial charge in [0.15, 0.2) is 0 Å². The summed E-state index contributed by atoms with van der Waals surface area (Å²) < 4.78 is 10.1. The van der Waals surface area contributed by atoms with E-state index in [1.807, 2.05) is 13.8 Å². The Labute approximate surface area is 74.0 Å². The first-order chi connectivity index (χ1) is 5.48. The largest absolute Gasteiger partial charge is 0.359 e. The topological polar surface area (TPSA) is 35.5 Å². The molecule has 0 aliphatic carbocycles. The van der Waals surface area contributed by atoms with E-state index in [2.05, 4.69) is 0 Å². The molecular formula is C9H18O3. The van der Waals surface area contributed by atoms with Crippen LogP contribution in [-0.4, -0.2) is 25.3 Å². The molecule has 12 heavy (non-hydrogen) atoms. The monoisotopic (exact) mass is 174 g/mol. The van der Waals surface area contributed by atoms with Crippen molar-refractivity contribution in [2.45, 2.75) is 39.2 Å². The van der Waals surface area contributed by atoms with Crippen LogP contribution < -0.4 is 0 Å². The molecule has 0 heterocycles. The molecule has 0 aliphatic rings. The Morgan fingerprint density at radius 3 is 2.42 bits per heavy atom. The van der Waals surface area contributed by atoms with E-state index in [4.69, 9.17) is 9.47 Å². The van der Waals surface area contributed by atoms with E-state index in [1.54, 1.807) is 14.0 Å². The lowest BCUT2D eigenvalue weighted by Crippen LogP contribution is -2.26. The molecule has 0 atom stereocenters. The summed E-state index contributed by atoms with van der Waals surface area (Å²) >= 11 is 0. The van der Waals surface area contributed by atoms with Crippen LogP contribution in [0.2, 0.25) is 0 Å². The molecule has 0 bridgehead atoms. The maximum atomic E-state index is 10.7. The summed E-state index contributed by atoms with van der Waals surface area (Å²) in [5.41, 5.74) is -0.262. The predicted molar refractivity (Wildman–Crippen MR) is 47.0 cm³/mol. The zero-order valence-corrected chi connectivity index (χ0v) is 8.35. The Morgan fingerprint density at radius 1 is 1.42 bits per heavy atom. The van der Waals surface area contributed by atoms with Crippen LogP contribution in [0.3, 0.4) is 0 Å². The molecule has 0 radical (unpaired) electrons. The Bertz CT molecular complexity index is 141. The Kier molecular flexibility index (Phi) is 5.09. The van der Waals surface area contributed by atoms with Crippen molar-refractivity contribution in [2.75, 3.05) is 13.9 Å². The lowest BCUT2D eigenvalue weighted by molar-refractivity contribution is -0.127. The molecule has 0 spiro atoms. The van der Waals surface area contributed by atoms with E-state index >= 15 is 0 Å². The molecule has 0 aromatic rings. The molecule has 0 fully saturated rings. The number of methoxy groups -OCH3 is 1. The van der Waals surface area contributed by atoms with Gasteiger partial charge in [-0.1, -0.05) is 0 Å². The fraction of sp³-hybridized carbons (Fsp3) is 0.889. The zero-order chi connectivity index (χ0) is 9.61. The summed E-state index contributed by atoms with van der Waals surface area (Å²) in [6.45, 7) is 5.78. The molecule has 0 N–H and O–H groups in total. The first-order valence-corrected chi connectivity index (χ1v) is 4.10. The highest BCUT2D eigenvalue weighted by Gasteiger charge is 2.18. The molecule has 0 unspecified atom stereocenters. The summed E-state index contributed by atoms with van der Waals surface area (Å²) in [4.78, 5) is 10.7. The van der Waals surface area contributed by atoms with Crippen molar-refractivity contribution in [3.63, 3.8) is 0 Å². The van der Waals surface area contributed by atoms with Crippen LogP contribution >= 0.6 is 0 Å². The van der Waals surface area contributed by atoms with E-state index in [0.29, 0.717) is 6.42 Å². The van der Waals surface area contributed by atoms with Gasteiger partial charge in [-0.25, -0.2) is 0 Å². The molecule has 72 valence electrons. The first-order valence-electron chi connectivity index (χ1n) is 4.10. The maximum Gasteiger partial charge on any atom is 0.147 e. The van der Waals surface area contributed by atoms with Gasteiger partial charge in [-0.3, -0.25) is 0 Å². The SMILES string of the molecule is COCOC(C)(C)CCC(C)=O. The normalized spacial score (nSPS) is 11.7. The molecule has 0 rings (SSSR count). The second-order valence-electron chi connectivity index (χ2n) is 3.51. The van der Waals surface area contributed by atoms with Crippen molar-refractivity contribution in [2.24, 2.45) is 0 Å². The average molecular weight is 174 g/mol. The van der Waals surface area contributed by atoms with Crippen LogP contribution in [0.25, 0.3) is 0 Å². The fourth-order valence-corrected chi connectivity index (χ4v) is 0.768. The van der Waals surface area contributed by atoms with Crippen LogP contribution in [0.5, 0.6) is 0 Å². The van der Waals surface area contributed by atoms with Gasteiger partial charge in [0.2, 0.25) is 0 Å². The van der Waals surface area contributed by atoms with E-state index < -0.39 is 0 Å². The number of hydrogen-bond acceptors (Lipinski definition) is 3. The van der Waals surface area contributed by atoms with Gasteiger partial charge in [0.05, 0.1) is 5.60 Å². The predicted octanol–water partition coefficient (Wildman–Crippen LogP) is 1.75. The highest BCUT2D eigenvalue weighted by atomic mass is 16.7. The molecule has 3 heteroatoms. The van der Waals surface area contributed by atoms with Crippen LogP contribution in [-0.2, 0) is 14.3 Å². The molecule has 0 amide bonds. The summed E-state index contributed by atoms with van der Waals surface area (Å²) in [7, 11) is 1.58. The standard InChI is InChI=1S/C9H18O3/c1-8(10)5-6-9(2,3)12-7-11-4/h5-7H2,1-4H3. The second-order valence-corrected chi connectivity index (χ2v) is 3.51. The van der Waals surface area contributed by atoms with Crippen LogP contribution in [0.1, 0.15) is 33.6 Å². The van der Waals surface area contributed by atoms with Crippen molar-refractivity contribution in [3.05, 3.63) is 0 Å². The number of hydrogen-bond donors (Lipinski definition) is 0. The van der Waals surface area contributed by atoms with Gasteiger partial charge in [0.1, 0.15) is 12.6 Å². The Morgan fingerprint density at radius 2 is 2.00 bits per heavy atom. The quantitative estimate of drug-likeness (QED) is 0.575. The summed E-state index contributed by atoms with van der Waals surface area (Å²) in [6, 6.07) is 0. The summed E-state index contributed by atoms with van der Waals surface area (Å²) in [5, 5.41) is 0. The molecule has 0 aromatic carbocycles. The number of Topliss-reactive ketones (excluding diaryl/α,β-unsaturated/α-hetero) is 1. The number of ether oxygens (including phenoxy) is 2. The minimum Gasteiger partial charge on any atom is -0.359 e. The third-order valence-corrected chi connectivity index (χ3v) is 1.65. The molecule has 3 nitrogen and oxygen atoms in total. The van der Waals surface area contributed by atoms with Crippen LogP contribution in [0.15, 0.2) is 0 Å². The molecule has 0 saturated heterocycles. The first kappa shape index (κ1) is 11.6. The molecule has 0 aliphatic heterocycles. The highest BCUT2D eigenvalue weighted by molar-refractivity contribution is 5.75. The van der Waals surface area contributed by atoms with Gasteiger partial charge >= 0.3 is 0 Å². The summed E-state index contributed by atoms with van der Waals surface area (Å²) in [5.74, 6) is 0.198. The van der Waals surface area contributed by atoms with Gasteiger partial charge in [0, 0.05) is 13.5 Å². The second kappa shape index (κ2) is 5.27. The van der Waals surface area contributed by atoms with Crippen LogP contribution in [0, 0.1) is 0 Å².